The molecule has 28 heavy (non-hydrogen) atoms. The van der Waals surface area contributed by atoms with Crippen LogP contribution in [0.2, 0.25) is 0 Å². The number of hydrogen-bond donors (Lipinski definition) is 1. The number of fused-ring (bicyclic) bond motifs is 2. The minimum absolute atomic E-state index is 0.0496. The molecule has 1 aromatic heterocycles. The predicted octanol–water partition coefficient (Wildman–Crippen LogP) is 3.11. The van der Waals surface area contributed by atoms with E-state index in [4.69, 9.17) is 9.47 Å². The fourth-order valence-corrected chi connectivity index (χ4v) is 3.79. The van der Waals surface area contributed by atoms with Crippen LogP contribution >= 0.6 is 0 Å². The number of nitrogens with zero attached hydrogens (tertiary/aromatic N) is 2. The summed E-state index contributed by atoms with van der Waals surface area (Å²) in [5.41, 5.74) is 3.17. The first-order valence-electron chi connectivity index (χ1n) is 9.63. The monoisotopic (exact) mass is 379 g/mol. The summed E-state index contributed by atoms with van der Waals surface area (Å²) in [5, 5.41) is 3.06. The lowest BCUT2D eigenvalue weighted by Gasteiger charge is -2.26. The highest BCUT2D eigenvalue weighted by Crippen LogP contribution is 2.35. The molecule has 6 nitrogen and oxygen atoms in total. The van der Waals surface area contributed by atoms with Gasteiger partial charge in [0, 0.05) is 25.4 Å². The average molecular weight is 379 g/mol. The van der Waals surface area contributed by atoms with E-state index in [1.807, 2.05) is 43.3 Å². The van der Waals surface area contributed by atoms with E-state index < -0.39 is 0 Å². The van der Waals surface area contributed by atoms with Gasteiger partial charge in [-0.2, -0.15) is 0 Å². The van der Waals surface area contributed by atoms with Gasteiger partial charge in [-0.25, -0.2) is 4.98 Å². The average Bonchev–Trinajstić information content (AvgIpc) is 3.05. The number of carbonyl (C=O) groups excluding carboxylic acids is 1. The number of aryl methyl sites for hydroxylation is 2. The minimum Gasteiger partial charge on any atom is -0.493 e. The van der Waals surface area contributed by atoms with Crippen LogP contribution in [0.15, 0.2) is 42.5 Å². The zero-order chi connectivity index (χ0) is 19.5. The Labute approximate surface area is 164 Å². The predicted molar refractivity (Wildman–Crippen MR) is 108 cm³/mol. The number of ether oxygens (including phenoxy) is 2. The molecule has 2 heterocycles. The van der Waals surface area contributed by atoms with Gasteiger partial charge >= 0.3 is 0 Å². The Morgan fingerprint density at radius 1 is 1.29 bits per heavy atom. The number of benzene rings is 2. The van der Waals surface area contributed by atoms with Crippen LogP contribution in [0.3, 0.4) is 0 Å². The van der Waals surface area contributed by atoms with Gasteiger partial charge in [0.25, 0.3) is 0 Å². The van der Waals surface area contributed by atoms with Crippen molar-refractivity contribution in [3.63, 3.8) is 0 Å². The van der Waals surface area contributed by atoms with Crippen LogP contribution in [0.1, 0.15) is 17.8 Å². The number of rotatable bonds is 6. The number of hydrogen-bond acceptors (Lipinski definition) is 4. The molecule has 1 aliphatic heterocycles. The topological polar surface area (TPSA) is 65.4 Å². The van der Waals surface area contributed by atoms with Crippen molar-refractivity contribution < 1.29 is 14.3 Å². The third-order valence-electron chi connectivity index (χ3n) is 5.25. The molecule has 0 spiro atoms. The molecule has 0 aliphatic carbocycles. The first-order valence-corrected chi connectivity index (χ1v) is 9.63. The number of amides is 1. The van der Waals surface area contributed by atoms with Crippen molar-refractivity contribution in [1.29, 1.82) is 0 Å². The SMILES string of the molecule is COc1cccc2c1OCC(CNC(=O)CCn1c(C)nc3ccccc31)C2. The lowest BCUT2D eigenvalue weighted by Crippen LogP contribution is -2.35. The standard InChI is InChI=1S/C22H25N3O3/c1-15-24-18-7-3-4-8-19(18)25(15)11-10-21(26)23-13-16-12-17-6-5-9-20(27-2)22(17)28-14-16/h3-9,16H,10-14H2,1-2H3,(H,23,26). The summed E-state index contributed by atoms with van der Waals surface area (Å²) in [5.74, 6) is 2.84. The van der Waals surface area contributed by atoms with Gasteiger partial charge < -0.3 is 19.4 Å². The molecule has 0 bridgehead atoms. The summed E-state index contributed by atoms with van der Waals surface area (Å²) in [6, 6.07) is 13.9. The van der Waals surface area contributed by atoms with E-state index in [1.54, 1.807) is 7.11 Å². The Morgan fingerprint density at radius 2 is 2.14 bits per heavy atom. The number of carbonyl (C=O) groups is 1. The maximum atomic E-state index is 12.4. The molecule has 0 fully saturated rings. The highest BCUT2D eigenvalue weighted by molar-refractivity contribution is 5.78. The molecule has 1 amide bonds. The van der Waals surface area contributed by atoms with E-state index in [0.717, 1.165) is 40.3 Å². The number of methoxy groups -OCH3 is 1. The summed E-state index contributed by atoms with van der Waals surface area (Å²) >= 11 is 0. The third kappa shape index (κ3) is 3.67. The summed E-state index contributed by atoms with van der Waals surface area (Å²) < 4.78 is 13.3. The molecule has 2 aromatic carbocycles. The fraction of sp³-hybridized carbons (Fsp3) is 0.364. The van der Waals surface area contributed by atoms with Crippen LogP contribution in [-0.4, -0.2) is 35.7 Å². The molecule has 0 saturated heterocycles. The molecule has 0 radical (unpaired) electrons. The molecule has 1 N–H and O–H groups in total. The first-order chi connectivity index (χ1) is 13.7. The summed E-state index contributed by atoms with van der Waals surface area (Å²) in [6.45, 7) is 3.79. The Morgan fingerprint density at radius 3 is 3.00 bits per heavy atom. The van der Waals surface area contributed by atoms with Gasteiger partial charge in [-0.1, -0.05) is 24.3 Å². The van der Waals surface area contributed by atoms with Crippen molar-refractivity contribution >= 4 is 16.9 Å². The van der Waals surface area contributed by atoms with Gasteiger partial charge in [-0.15, -0.1) is 0 Å². The molecule has 1 unspecified atom stereocenters. The largest absolute Gasteiger partial charge is 0.493 e. The Hall–Kier alpha value is -3.02. The Kier molecular flexibility index (Phi) is 5.19. The Balaban J connectivity index is 1.31. The smallest absolute Gasteiger partial charge is 0.221 e. The zero-order valence-corrected chi connectivity index (χ0v) is 16.3. The molecule has 4 rings (SSSR count). The molecule has 0 saturated carbocycles. The molecule has 1 aliphatic rings. The van der Waals surface area contributed by atoms with Crippen molar-refractivity contribution in [2.45, 2.75) is 26.3 Å². The fourth-order valence-electron chi connectivity index (χ4n) is 3.79. The molecular weight excluding hydrogens is 354 g/mol. The van der Waals surface area contributed by atoms with Crippen molar-refractivity contribution in [3.05, 3.63) is 53.9 Å². The normalized spacial score (nSPS) is 15.7. The maximum absolute atomic E-state index is 12.4. The lowest BCUT2D eigenvalue weighted by molar-refractivity contribution is -0.121. The second-order valence-corrected chi connectivity index (χ2v) is 7.18. The number of imidazole rings is 1. The number of nitrogens with one attached hydrogen (secondary N) is 1. The summed E-state index contributed by atoms with van der Waals surface area (Å²) in [7, 11) is 1.65. The van der Waals surface area contributed by atoms with Gasteiger partial charge in [0.1, 0.15) is 5.82 Å². The molecule has 3 aromatic rings. The number of para-hydroxylation sites is 3. The Bertz CT molecular complexity index is 996. The van der Waals surface area contributed by atoms with Gasteiger partial charge in [0.2, 0.25) is 5.91 Å². The van der Waals surface area contributed by atoms with E-state index in [1.165, 1.54) is 0 Å². The van der Waals surface area contributed by atoms with Crippen LogP contribution in [0.25, 0.3) is 11.0 Å². The second-order valence-electron chi connectivity index (χ2n) is 7.18. The summed E-state index contributed by atoms with van der Waals surface area (Å²) in [4.78, 5) is 16.9. The van der Waals surface area contributed by atoms with Crippen LogP contribution in [0, 0.1) is 12.8 Å². The summed E-state index contributed by atoms with van der Waals surface area (Å²) in [6.07, 6.45) is 1.30. The van der Waals surface area contributed by atoms with Gasteiger partial charge in [0.05, 0.1) is 24.8 Å². The number of aromatic nitrogens is 2. The van der Waals surface area contributed by atoms with E-state index in [-0.39, 0.29) is 11.8 Å². The molecule has 6 heteroatoms. The van der Waals surface area contributed by atoms with Gasteiger partial charge in [0.15, 0.2) is 11.5 Å². The van der Waals surface area contributed by atoms with Gasteiger partial charge in [-0.3, -0.25) is 4.79 Å². The van der Waals surface area contributed by atoms with Crippen LogP contribution < -0.4 is 14.8 Å². The van der Waals surface area contributed by atoms with Crippen molar-refractivity contribution in [2.75, 3.05) is 20.3 Å². The highest BCUT2D eigenvalue weighted by Gasteiger charge is 2.23. The second kappa shape index (κ2) is 7.92. The zero-order valence-electron chi connectivity index (χ0n) is 16.3. The van der Waals surface area contributed by atoms with Crippen LogP contribution in [-0.2, 0) is 17.8 Å². The van der Waals surface area contributed by atoms with Crippen LogP contribution in [0.5, 0.6) is 11.5 Å². The van der Waals surface area contributed by atoms with Gasteiger partial charge in [-0.05, 0) is 37.1 Å². The van der Waals surface area contributed by atoms with Crippen molar-refractivity contribution in [2.24, 2.45) is 5.92 Å². The van der Waals surface area contributed by atoms with E-state index >= 15 is 0 Å². The van der Waals surface area contributed by atoms with E-state index in [0.29, 0.717) is 26.1 Å². The quantitative estimate of drug-likeness (QED) is 0.715. The van der Waals surface area contributed by atoms with E-state index in [9.17, 15) is 4.79 Å². The van der Waals surface area contributed by atoms with Crippen molar-refractivity contribution in [3.8, 4) is 11.5 Å². The maximum Gasteiger partial charge on any atom is 0.221 e. The third-order valence-corrected chi connectivity index (χ3v) is 5.25. The first kappa shape index (κ1) is 18.3. The van der Waals surface area contributed by atoms with Crippen molar-refractivity contribution in [1.82, 2.24) is 14.9 Å². The molecule has 146 valence electrons. The van der Waals surface area contributed by atoms with Crippen LogP contribution in [0.4, 0.5) is 0 Å². The lowest BCUT2D eigenvalue weighted by atomic mass is 9.96. The highest BCUT2D eigenvalue weighted by atomic mass is 16.5. The molecular formula is C22H25N3O3. The minimum atomic E-state index is 0.0496. The van der Waals surface area contributed by atoms with E-state index in [2.05, 4.69) is 20.9 Å². The molecule has 1 atom stereocenters.